The molecular weight excluding hydrogens is 218 g/mol. The topological polar surface area (TPSA) is 72.4 Å². The summed E-state index contributed by atoms with van der Waals surface area (Å²) in [5, 5.41) is 10.6. The number of rotatable bonds is 3. The van der Waals surface area contributed by atoms with E-state index in [-0.39, 0.29) is 10.6 Å². The monoisotopic (exact) mass is 235 g/mol. The van der Waals surface area contributed by atoms with Crippen molar-refractivity contribution in [2.24, 2.45) is 5.73 Å². The van der Waals surface area contributed by atoms with Gasteiger partial charge in [0.1, 0.15) is 0 Å². The van der Waals surface area contributed by atoms with E-state index in [0.29, 0.717) is 12.6 Å². The highest BCUT2D eigenvalue weighted by molar-refractivity contribution is 5.52. The van der Waals surface area contributed by atoms with Gasteiger partial charge in [0.15, 0.2) is 0 Å². The predicted molar refractivity (Wildman–Crippen MR) is 67.1 cm³/mol. The number of nitrogens with two attached hydrogens (primary N) is 1. The molecular formula is C12H17N3O2. The highest BCUT2D eigenvalue weighted by Crippen LogP contribution is 2.26. The van der Waals surface area contributed by atoms with Crippen LogP contribution in [0.2, 0.25) is 0 Å². The highest BCUT2D eigenvalue weighted by atomic mass is 16.6. The second kappa shape index (κ2) is 5.14. The van der Waals surface area contributed by atoms with E-state index in [2.05, 4.69) is 4.90 Å². The SMILES string of the molecule is NCC1CCCCN1c1ccc([N+](=O)[O-])cc1. The quantitative estimate of drug-likeness (QED) is 0.641. The van der Waals surface area contributed by atoms with Crippen molar-refractivity contribution in [3.8, 4) is 0 Å². The van der Waals surface area contributed by atoms with Crippen molar-refractivity contribution in [2.75, 3.05) is 18.0 Å². The number of hydrogen-bond acceptors (Lipinski definition) is 4. The first-order valence-electron chi connectivity index (χ1n) is 5.93. The first kappa shape index (κ1) is 11.9. The molecule has 1 fully saturated rings. The Labute approximate surface area is 100 Å². The van der Waals surface area contributed by atoms with Crippen LogP contribution in [0, 0.1) is 10.1 Å². The summed E-state index contributed by atoms with van der Waals surface area (Å²) in [5.74, 6) is 0. The van der Waals surface area contributed by atoms with E-state index in [1.54, 1.807) is 12.1 Å². The first-order valence-corrected chi connectivity index (χ1v) is 5.93. The molecule has 1 aromatic carbocycles. The van der Waals surface area contributed by atoms with Crippen LogP contribution in [0.25, 0.3) is 0 Å². The van der Waals surface area contributed by atoms with E-state index in [1.165, 1.54) is 6.42 Å². The Hall–Kier alpha value is -1.62. The van der Waals surface area contributed by atoms with Gasteiger partial charge in [-0.2, -0.15) is 0 Å². The summed E-state index contributed by atoms with van der Waals surface area (Å²) in [6, 6.07) is 7.10. The van der Waals surface area contributed by atoms with Crippen molar-refractivity contribution >= 4 is 11.4 Å². The van der Waals surface area contributed by atoms with E-state index in [1.807, 2.05) is 12.1 Å². The number of nitro benzene ring substituents is 1. The van der Waals surface area contributed by atoms with E-state index in [4.69, 9.17) is 5.73 Å². The summed E-state index contributed by atoms with van der Waals surface area (Å²) in [6.45, 7) is 1.62. The van der Waals surface area contributed by atoms with Gasteiger partial charge in [-0.05, 0) is 31.4 Å². The Morgan fingerprint density at radius 2 is 2.06 bits per heavy atom. The molecule has 1 saturated heterocycles. The largest absolute Gasteiger partial charge is 0.367 e. The molecule has 1 aliphatic heterocycles. The molecule has 0 spiro atoms. The van der Waals surface area contributed by atoms with Gasteiger partial charge >= 0.3 is 0 Å². The minimum Gasteiger partial charge on any atom is -0.367 e. The molecule has 5 heteroatoms. The maximum Gasteiger partial charge on any atom is 0.269 e. The zero-order valence-corrected chi connectivity index (χ0v) is 9.71. The Balaban J connectivity index is 2.17. The normalized spacial score (nSPS) is 20.3. The van der Waals surface area contributed by atoms with Crippen molar-refractivity contribution in [2.45, 2.75) is 25.3 Å². The van der Waals surface area contributed by atoms with Crippen LogP contribution in [0.5, 0.6) is 0 Å². The van der Waals surface area contributed by atoms with Crippen LogP contribution in [-0.4, -0.2) is 24.1 Å². The van der Waals surface area contributed by atoms with Crippen LogP contribution in [0.4, 0.5) is 11.4 Å². The Morgan fingerprint density at radius 3 is 2.65 bits per heavy atom. The fourth-order valence-electron chi connectivity index (χ4n) is 2.35. The van der Waals surface area contributed by atoms with Crippen LogP contribution in [-0.2, 0) is 0 Å². The minimum absolute atomic E-state index is 0.134. The number of non-ortho nitro benzene ring substituents is 1. The number of nitro groups is 1. The van der Waals surface area contributed by atoms with Gasteiger partial charge in [0, 0.05) is 37.0 Å². The van der Waals surface area contributed by atoms with Crippen molar-refractivity contribution in [1.82, 2.24) is 0 Å². The summed E-state index contributed by atoms with van der Waals surface area (Å²) < 4.78 is 0. The summed E-state index contributed by atoms with van der Waals surface area (Å²) in [7, 11) is 0. The van der Waals surface area contributed by atoms with Crippen LogP contribution in [0.15, 0.2) is 24.3 Å². The van der Waals surface area contributed by atoms with Crippen molar-refractivity contribution in [3.63, 3.8) is 0 Å². The molecule has 1 unspecified atom stereocenters. The summed E-state index contributed by atoms with van der Waals surface area (Å²) in [4.78, 5) is 12.5. The van der Waals surface area contributed by atoms with Crippen LogP contribution < -0.4 is 10.6 Å². The average molecular weight is 235 g/mol. The minimum atomic E-state index is -0.375. The molecule has 1 aromatic rings. The summed E-state index contributed by atoms with van der Waals surface area (Å²) >= 11 is 0. The van der Waals surface area contributed by atoms with Crippen LogP contribution in [0.3, 0.4) is 0 Å². The highest BCUT2D eigenvalue weighted by Gasteiger charge is 2.21. The lowest BCUT2D eigenvalue weighted by atomic mass is 10.0. The molecule has 92 valence electrons. The lowest BCUT2D eigenvalue weighted by Gasteiger charge is -2.36. The third-order valence-corrected chi connectivity index (χ3v) is 3.29. The van der Waals surface area contributed by atoms with Gasteiger partial charge in [-0.3, -0.25) is 10.1 Å². The third-order valence-electron chi connectivity index (χ3n) is 3.29. The molecule has 0 saturated carbocycles. The summed E-state index contributed by atoms with van der Waals surface area (Å²) in [6.07, 6.45) is 3.48. The molecule has 5 nitrogen and oxygen atoms in total. The number of anilines is 1. The van der Waals surface area contributed by atoms with Crippen LogP contribution in [0.1, 0.15) is 19.3 Å². The lowest BCUT2D eigenvalue weighted by Crippen LogP contribution is -2.44. The maximum absolute atomic E-state index is 10.6. The smallest absolute Gasteiger partial charge is 0.269 e. The van der Waals surface area contributed by atoms with Gasteiger partial charge in [0.05, 0.1) is 4.92 Å². The number of nitrogens with zero attached hydrogens (tertiary/aromatic N) is 2. The lowest BCUT2D eigenvalue weighted by molar-refractivity contribution is -0.384. The molecule has 0 radical (unpaired) electrons. The molecule has 2 N–H and O–H groups in total. The number of benzene rings is 1. The zero-order chi connectivity index (χ0) is 12.3. The van der Waals surface area contributed by atoms with Crippen LogP contribution >= 0.6 is 0 Å². The maximum atomic E-state index is 10.6. The molecule has 0 bridgehead atoms. The second-order valence-electron chi connectivity index (χ2n) is 4.35. The zero-order valence-electron chi connectivity index (χ0n) is 9.71. The van der Waals surface area contributed by atoms with Gasteiger partial charge in [0.2, 0.25) is 0 Å². The van der Waals surface area contributed by atoms with Gasteiger partial charge in [-0.15, -0.1) is 0 Å². The first-order chi connectivity index (χ1) is 8.22. The fraction of sp³-hybridized carbons (Fsp3) is 0.500. The van der Waals surface area contributed by atoms with Gasteiger partial charge in [-0.25, -0.2) is 0 Å². The molecule has 1 aliphatic rings. The molecule has 1 atom stereocenters. The molecule has 0 aromatic heterocycles. The molecule has 0 amide bonds. The predicted octanol–water partition coefficient (Wildman–Crippen LogP) is 1.91. The van der Waals surface area contributed by atoms with E-state index >= 15 is 0 Å². The average Bonchev–Trinajstić information content (AvgIpc) is 2.39. The van der Waals surface area contributed by atoms with E-state index in [0.717, 1.165) is 25.1 Å². The van der Waals surface area contributed by atoms with E-state index < -0.39 is 0 Å². The van der Waals surface area contributed by atoms with Crippen molar-refractivity contribution < 1.29 is 4.92 Å². The fourth-order valence-corrected chi connectivity index (χ4v) is 2.35. The van der Waals surface area contributed by atoms with Gasteiger partial charge < -0.3 is 10.6 Å². The van der Waals surface area contributed by atoms with Gasteiger partial charge in [0.25, 0.3) is 5.69 Å². The van der Waals surface area contributed by atoms with E-state index in [9.17, 15) is 10.1 Å². The Bertz CT molecular complexity index is 391. The number of hydrogen-bond donors (Lipinski definition) is 1. The number of piperidine rings is 1. The second-order valence-corrected chi connectivity index (χ2v) is 4.35. The standard InChI is InChI=1S/C12H17N3O2/c13-9-12-3-1-2-8-14(12)10-4-6-11(7-5-10)15(16)17/h4-7,12H,1-3,8-9,13H2. The van der Waals surface area contributed by atoms with Crippen molar-refractivity contribution in [1.29, 1.82) is 0 Å². The molecule has 17 heavy (non-hydrogen) atoms. The molecule has 0 aliphatic carbocycles. The summed E-state index contributed by atoms with van der Waals surface area (Å²) in [5.41, 5.74) is 6.93. The molecule has 1 heterocycles. The van der Waals surface area contributed by atoms with Gasteiger partial charge in [-0.1, -0.05) is 0 Å². The Morgan fingerprint density at radius 1 is 1.35 bits per heavy atom. The molecule has 2 rings (SSSR count). The third kappa shape index (κ3) is 2.55. The Kier molecular flexibility index (Phi) is 3.58. The van der Waals surface area contributed by atoms with Crippen molar-refractivity contribution in [3.05, 3.63) is 34.4 Å².